The maximum Gasteiger partial charge on any atom is 0.416 e. The Morgan fingerprint density at radius 2 is 1.97 bits per heavy atom. The minimum Gasteiger partial charge on any atom is -0.482 e. The van der Waals surface area contributed by atoms with Crippen LogP contribution in [0.25, 0.3) is 0 Å². The van der Waals surface area contributed by atoms with Crippen LogP contribution in [0.3, 0.4) is 0 Å². The van der Waals surface area contributed by atoms with E-state index in [1.807, 2.05) is 39.0 Å². The summed E-state index contributed by atoms with van der Waals surface area (Å²) in [5.41, 5.74) is 1.39. The molecule has 0 saturated carbocycles. The van der Waals surface area contributed by atoms with Crippen molar-refractivity contribution in [3.05, 3.63) is 77.6 Å². The number of nitrogens with zero attached hydrogens (tertiary/aromatic N) is 3. The minimum absolute atomic E-state index is 0.0578. The van der Waals surface area contributed by atoms with E-state index in [0.717, 1.165) is 40.8 Å². The first-order valence-corrected chi connectivity index (χ1v) is 11.5. The molecule has 0 aliphatic rings. The van der Waals surface area contributed by atoms with Crippen molar-refractivity contribution in [2.75, 3.05) is 11.1 Å². The second-order valence-electron chi connectivity index (χ2n) is 7.61. The molecule has 3 rings (SSSR count). The van der Waals surface area contributed by atoms with Gasteiger partial charge < -0.3 is 10.1 Å². The van der Waals surface area contributed by atoms with Crippen molar-refractivity contribution in [2.45, 2.75) is 44.8 Å². The SMILES string of the molecule is C=CCn1c(SCC(=O)Nc2cccc(C(F)(F)F)c2)nnc1C(C)Oc1cccc(C)c1C. The van der Waals surface area contributed by atoms with E-state index in [4.69, 9.17) is 4.74 Å². The number of alkyl halides is 3. The van der Waals surface area contributed by atoms with Crippen molar-refractivity contribution < 1.29 is 22.7 Å². The number of halogens is 3. The maximum absolute atomic E-state index is 12.9. The van der Waals surface area contributed by atoms with Gasteiger partial charge in [0.2, 0.25) is 5.91 Å². The molecule has 1 aromatic heterocycles. The van der Waals surface area contributed by atoms with Crippen molar-refractivity contribution in [2.24, 2.45) is 0 Å². The lowest BCUT2D eigenvalue weighted by Gasteiger charge is -2.18. The Morgan fingerprint density at radius 3 is 2.68 bits per heavy atom. The monoisotopic (exact) mass is 490 g/mol. The van der Waals surface area contributed by atoms with Crippen molar-refractivity contribution >= 4 is 23.4 Å². The Labute approximate surface area is 200 Å². The van der Waals surface area contributed by atoms with E-state index in [0.29, 0.717) is 17.5 Å². The summed E-state index contributed by atoms with van der Waals surface area (Å²) in [6.07, 6.45) is -3.21. The molecule has 0 saturated heterocycles. The summed E-state index contributed by atoms with van der Waals surface area (Å²) in [5, 5.41) is 11.4. The van der Waals surface area contributed by atoms with Crippen LogP contribution >= 0.6 is 11.8 Å². The number of aromatic nitrogens is 3. The number of ether oxygens (including phenoxy) is 1. The van der Waals surface area contributed by atoms with Gasteiger partial charge in [0.25, 0.3) is 0 Å². The summed E-state index contributed by atoms with van der Waals surface area (Å²) in [6.45, 7) is 10.0. The van der Waals surface area contributed by atoms with Gasteiger partial charge in [0.05, 0.1) is 11.3 Å². The molecule has 1 atom stereocenters. The number of benzene rings is 2. The highest BCUT2D eigenvalue weighted by atomic mass is 32.2. The van der Waals surface area contributed by atoms with Gasteiger partial charge in [-0.25, -0.2) is 0 Å². The molecule has 10 heteroatoms. The highest BCUT2D eigenvalue weighted by molar-refractivity contribution is 7.99. The Hall–Kier alpha value is -3.27. The van der Waals surface area contributed by atoms with Crippen molar-refractivity contribution in [3.63, 3.8) is 0 Å². The van der Waals surface area contributed by atoms with Crippen LogP contribution in [0.15, 0.2) is 60.3 Å². The van der Waals surface area contributed by atoms with E-state index in [2.05, 4.69) is 22.1 Å². The summed E-state index contributed by atoms with van der Waals surface area (Å²) in [6, 6.07) is 10.3. The first-order valence-electron chi connectivity index (χ1n) is 10.5. The quantitative estimate of drug-likeness (QED) is 0.296. The highest BCUT2D eigenvalue weighted by Gasteiger charge is 2.30. The van der Waals surface area contributed by atoms with Crippen molar-refractivity contribution in [1.82, 2.24) is 14.8 Å². The lowest BCUT2D eigenvalue weighted by molar-refractivity contribution is -0.137. The third-order valence-corrected chi connectivity index (χ3v) is 6.05. The van der Waals surface area contributed by atoms with Crippen LogP contribution in [0.5, 0.6) is 5.75 Å². The second-order valence-corrected chi connectivity index (χ2v) is 8.56. The molecule has 0 fully saturated rings. The van der Waals surface area contributed by atoms with Gasteiger partial charge in [-0.2, -0.15) is 13.2 Å². The molecule has 180 valence electrons. The number of allylic oxidation sites excluding steroid dienone is 1. The lowest BCUT2D eigenvalue weighted by atomic mass is 10.1. The van der Waals surface area contributed by atoms with Crippen LogP contribution in [0.1, 0.15) is 35.5 Å². The molecule has 0 aliphatic carbocycles. The molecule has 0 bridgehead atoms. The van der Waals surface area contributed by atoms with Crippen LogP contribution < -0.4 is 10.1 Å². The fraction of sp³-hybridized carbons (Fsp3) is 0.292. The molecule has 3 aromatic rings. The number of aryl methyl sites for hydroxylation is 1. The summed E-state index contributed by atoms with van der Waals surface area (Å²) >= 11 is 1.13. The van der Waals surface area contributed by atoms with Crippen LogP contribution in [-0.4, -0.2) is 26.4 Å². The Morgan fingerprint density at radius 1 is 1.24 bits per heavy atom. The molecule has 34 heavy (non-hydrogen) atoms. The van der Waals surface area contributed by atoms with Gasteiger partial charge in [-0.05, 0) is 56.2 Å². The Balaban J connectivity index is 1.69. The average molecular weight is 491 g/mol. The van der Waals surface area contributed by atoms with E-state index in [1.54, 1.807) is 10.6 Å². The lowest BCUT2D eigenvalue weighted by Crippen LogP contribution is -2.16. The fourth-order valence-electron chi connectivity index (χ4n) is 3.20. The van der Waals surface area contributed by atoms with Gasteiger partial charge >= 0.3 is 6.18 Å². The third-order valence-electron chi connectivity index (χ3n) is 5.09. The first kappa shape index (κ1) is 25.4. The molecule has 0 radical (unpaired) electrons. The molecule has 0 aliphatic heterocycles. The number of rotatable bonds is 9. The van der Waals surface area contributed by atoms with E-state index in [1.165, 1.54) is 12.1 Å². The zero-order valence-electron chi connectivity index (χ0n) is 19.0. The summed E-state index contributed by atoms with van der Waals surface area (Å²) in [5.74, 6) is 0.799. The van der Waals surface area contributed by atoms with E-state index in [9.17, 15) is 18.0 Å². The number of anilines is 1. The van der Waals surface area contributed by atoms with Gasteiger partial charge in [-0.1, -0.05) is 36.0 Å². The average Bonchev–Trinajstić information content (AvgIpc) is 3.18. The van der Waals surface area contributed by atoms with Gasteiger partial charge in [0, 0.05) is 12.2 Å². The molecular formula is C24H25F3N4O2S. The zero-order chi connectivity index (χ0) is 24.9. The molecule has 0 spiro atoms. The Kier molecular flexibility index (Phi) is 8.03. The smallest absolute Gasteiger partial charge is 0.416 e. The number of hydrogen-bond donors (Lipinski definition) is 1. The van der Waals surface area contributed by atoms with Gasteiger partial charge in [0.15, 0.2) is 17.1 Å². The molecule has 6 nitrogen and oxygen atoms in total. The van der Waals surface area contributed by atoms with E-state index < -0.39 is 23.8 Å². The maximum atomic E-state index is 12.9. The van der Waals surface area contributed by atoms with Crippen LogP contribution in [0, 0.1) is 13.8 Å². The highest BCUT2D eigenvalue weighted by Crippen LogP contribution is 2.31. The van der Waals surface area contributed by atoms with Crippen LogP contribution in [-0.2, 0) is 17.5 Å². The molecule has 2 aromatic carbocycles. The second kappa shape index (κ2) is 10.8. The van der Waals surface area contributed by atoms with Gasteiger partial charge in [-0.15, -0.1) is 16.8 Å². The van der Waals surface area contributed by atoms with Crippen LogP contribution in [0.2, 0.25) is 0 Å². The number of amides is 1. The van der Waals surface area contributed by atoms with E-state index in [-0.39, 0.29) is 11.4 Å². The molecular weight excluding hydrogens is 465 g/mol. The summed E-state index contributed by atoms with van der Waals surface area (Å²) in [4.78, 5) is 12.4. The molecule has 1 N–H and O–H groups in total. The third kappa shape index (κ3) is 6.19. The number of nitrogens with one attached hydrogen (secondary N) is 1. The number of carbonyl (C=O) groups is 1. The zero-order valence-corrected chi connectivity index (χ0v) is 19.8. The number of thioether (sulfide) groups is 1. The molecule has 1 amide bonds. The normalized spacial score (nSPS) is 12.3. The van der Waals surface area contributed by atoms with Crippen molar-refractivity contribution in [1.29, 1.82) is 0 Å². The van der Waals surface area contributed by atoms with Gasteiger partial charge in [0.1, 0.15) is 5.75 Å². The first-order chi connectivity index (χ1) is 16.1. The predicted octanol–water partition coefficient (Wildman–Crippen LogP) is 5.97. The molecule has 1 unspecified atom stereocenters. The topological polar surface area (TPSA) is 69.0 Å². The molecule has 1 heterocycles. The number of hydrogen-bond acceptors (Lipinski definition) is 5. The van der Waals surface area contributed by atoms with Gasteiger partial charge in [-0.3, -0.25) is 9.36 Å². The van der Waals surface area contributed by atoms with Crippen LogP contribution in [0.4, 0.5) is 18.9 Å². The fourth-order valence-corrected chi connectivity index (χ4v) is 3.96. The number of carbonyl (C=O) groups excluding carboxylic acids is 1. The van der Waals surface area contributed by atoms with Crippen molar-refractivity contribution in [3.8, 4) is 5.75 Å². The largest absolute Gasteiger partial charge is 0.482 e. The Bertz CT molecular complexity index is 1180. The van der Waals surface area contributed by atoms with E-state index >= 15 is 0 Å². The predicted molar refractivity (Wildman–Crippen MR) is 126 cm³/mol. The summed E-state index contributed by atoms with van der Waals surface area (Å²) < 4.78 is 46.6. The standard InChI is InChI=1S/C24H25F3N4O2S/c1-5-12-31-22(17(4)33-20-11-6-8-15(2)16(20)3)29-30-23(31)34-14-21(32)28-19-10-7-9-18(13-19)24(25,26)27/h5-11,13,17H,1,12,14H2,2-4H3,(H,28,32). The minimum atomic E-state index is -4.48. The summed E-state index contributed by atoms with van der Waals surface area (Å²) in [7, 11) is 0.